The van der Waals surface area contributed by atoms with Crippen LogP contribution in [0.15, 0.2) is 225 Å². The van der Waals surface area contributed by atoms with Crippen LogP contribution < -0.4 is 37.9 Å². The summed E-state index contributed by atoms with van der Waals surface area (Å²) in [6.07, 6.45) is 14.8. The van der Waals surface area contributed by atoms with Crippen LogP contribution in [0.25, 0.3) is 0 Å². The van der Waals surface area contributed by atoms with E-state index >= 15 is 0 Å². The van der Waals surface area contributed by atoms with Crippen molar-refractivity contribution in [1.29, 1.82) is 0 Å². The third-order valence-corrected chi connectivity index (χ3v) is 13.0. The quantitative estimate of drug-likeness (QED) is 0.0214. The van der Waals surface area contributed by atoms with Gasteiger partial charge in [0.25, 0.3) is 0 Å². The standard InChI is InChI=1S/C69H74N6O8/c1-76-62-36-24-56(25-37-62)72-74-58-28-40-66(41-29-58)80-46-10-5-3-8-44-78-64-32-20-54(21-33-64)52-70-60-16-14-18-68(50-60)82-48-12-7-13-49-83-69-19-15-17-61(51-69)71-53-55-22-34-65(35-23-55)79-45-9-4-6-11-47-81-67-42-30-59(31-43-67)75-73-57-26-38-63(77-2)39-27-57/h14-43,50-53H,3-13,44-49H2,1-2H3. The van der Waals surface area contributed by atoms with Crippen molar-refractivity contribution in [1.82, 2.24) is 0 Å². The molecule has 8 rings (SSSR count). The fraction of sp³-hybridized carbons (Fsp3) is 0.275. The summed E-state index contributed by atoms with van der Waals surface area (Å²) in [5, 5.41) is 17.2. The van der Waals surface area contributed by atoms with Crippen LogP contribution in [0.5, 0.6) is 46.0 Å². The largest absolute Gasteiger partial charge is 0.497 e. The van der Waals surface area contributed by atoms with Gasteiger partial charge < -0.3 is 37.9 Å². The van der Waals surface area contributed by atoms with E-state index < -0.39 is 0 Å². The van der Waals surface area contributed by atoms with Crippen molar-refractivity contribution in [2.24, 2.45) is 30.4 Å². The predicted molar refractivity (Wildman–Crippen MR) is 331 cm³/mol. The van der Waals surface area contributed by atoms with Crippen molar-refractivity contribution in [2.45, 2.75) is 70.6 Å². The number of ether oxygens (including phenoxy) is 8. The van der Waals surface area contributed by atoms with Gasteiger partial charge in [-0.3, -0.25) is 9.98 Å². The van der Waals surface area contributed by atoms with E-state index in [0.717, 1.165) is 162 Å². The molecule has 0 heterocycles. The first-order valence-electron chi connectivity index (χ1n) is 28.6. The molecule has 0 aliphatic heterocycles. The molecule has 0 spiro atoms. The molecular weight excluding hydrogens is 1040 g/mol. The monoisotopic (exact) mass is 1110 g/mol. The molecule has 0 radical (unpaired) electrons. The Hall–Kier alpha value is -9.30. The highest BCUT2D eigenvalue weighted by Crippen LogP contribution is 2.27. The van der Waals surface area contributed by atoms with Crippen molar-refractivity contribution in [2.75, 3.05) is 53.9 Å². The number of hydrogen-bond acceptors (Lipinski definition) is 14. The zero-order chi connectivity index (χ0) is 57.2. The van der Waals surface area contributed by atoms with Gasteiger partial charge in [-0.05, 0) is 252 Å². The minimum Gasteiger partial charge on any atom is -0.497 e. The Balaban J connectivity index is 0.611. The molecule has 0 bridgehead atoms. The maximum absolute atomic E-state index is 6.07. The van der Waals surface area contributed by atoms with Crippen molar-refractivity contribution in [3.05, 3.63) is 205 Å². The Kier molecular flexibility index (Phi) is 25.0. The molecule has 0 saturated carbocycles. The van der Waals surface area contributed by atoms with E-state index in [-0.39, 0.29) is 0 Å². The second-order valence-electron chi connectivity index (χ2n) is 19.4. The highest BCUT2D eigenvalue weighted by atomic mass is 16.5. The number of aliphatic imine (C=N–C) groups is 2. The summed E-state index contributed by atoms with van der Waals surface area (Å²) in [4.78, 5) is 9.38. The lowest BCUT2D eigenvalue weighted by molar-refractivity contribution is 0.279. The molecule has 8 aromatic rings. The van der Waals surface area contributed by atoms with Crippen molar-refractivity contribution >= 4 is 46.6 Å². The molecule has 0 fully saturated rings. The van der Waals surface area contributed by atoms with E-state index in [1.54, 1.807) is 14.2 Å². The van der Waals surface area contributed by atoms with Crippen LogP contribution in [0, 0.1) is 0 Å². The van der Waals surface area contributed by atoms with E-state index in [0.29, 0.717) is 39.6 Å². The number of hydrogen-bond donors (Lipinski definition) is 0. The maximum Gasteiger partial charge on any atom is 0.121 e. The third kappa shape index (κ3) is 22.6. The minimum atomic E-state index is 0.622. The number of unbranched alkanes of at least 4 members (excludes halogenated alkanes) is 8. The highest BCUT2D eigenvalue weighted by Gasteiger charge is 2.04. The second kappa shape index (κ2) is 34.8. The maximum atomic E-state index is 6.07. The van der Waals surface area contributed by atoms with Gasteiger partial charge in [-0.25, -0.2) is 0 Å². The molecule has 14 heteroatoms. The normalized spacial score (nSPS) is 11.4. The summed E-state index contributed by atoms with van der Waals surface area (Å²) in [5.41, 5.74) is 6.73. The number of azo groups is 2. The van der Waals surface area contributed by atoms with Gasteiger partial charge >= 0.3 is 0 Å². The molecule has 83 heavy (non-hydrogen) atoms. The van der Waals surface area contributed by atoms with Crippen LogP contribution >= 0.6 is 0 Å². The number of benzene rings is 8. The molecule has 0 aliphatic rings. The summed E-state index contributed by atoms with van der Waals surface area (Å²) < 4.78 is 46.4. The van der Waals surface area contributed by atoms with Crippen molar-refractivity contribution < 1.29 is 37.9 Å². The first-order chi connectivity index (χ1) is 41.0. The average molecular weight is 1120 g/mol. The fourth-order valence-corrected chi connectivity index (χ4v) is 8.29. The van der Waals surface area contributed by atoms with Crippen LogP contribution in [-0.2, 0) is 0 Å². The van der Waals surface area contributed by atoms with E-state index in [4.69, 9.17) is 37.9 Å². The molecule has 0 atom stereocenters. The first kappa shape index (κ1) is 59.8. The summed E-state index contributed by atoms with van der Waals surface area (Å²) in [5.74, 6) is 6.54. The minimum absolute atomic E-state index is 0.622. The average Bonchev–Trinajstić information content (AvgIpc) is 3.54. The smallest absolute Gasteiger partial charge is 0.121 e. The molecular formula is C69H74N6O8. The van der Waals surface area contributed by atoms with Gasteiger partial charge in [-0.1, -0.05) is 12.1 Å². The Morgan fingerprint density at radius 1 is 0.253 bits per heavy atom. The second-order valence-corrected chi connectivity index (χ2v) is 19.4. The van der Waals surface area contributed by atoms with Gasteiger partial charge in [-0.2, -0.15) is 20.5 Å². The van der Waals surface area contributed by atoms with Gasteiger partial charge in [0.2, 0.25) is 0 Å². The zero-order valence-electron chi connectivity index (χ0n) is 47.6. The van der Waals surface area contributed by atoms with Gasteiger partial charge in [-0.15, -0.1) is 0 Å². The fourth-order valence-electron chi connectivity index (χ4n) is 8.29. The molecule has 8 aromatic carbocycles. The number of rotatable bonds is 36. The SMILES string of the molecule is COc1ccc(N=Nc2ccc(OCCCCCCOc3ccc(C=Nc4cccc(OCCCCCOc5cccc(N=Cc6ccc(OCCCCCCOc7ccc(N=Nc8ccc(OC)cc8)cc7)cc6)c5)c4)cc3)cc2)cc1. The Morgan fingerprint density at radius 2 is 0.506 bits per heavy atom. The van der Waals surface area contributed by atoms with Crippen LogP contribution in [0.4, 0.5) is 34.1 Å². The van der Waals surface area contributed by atoms with Gasteiger partial charge in [0.05, 0.1) is 88.0 Å². The summed E-state index contributed by atoms with van der Waals surface area (Å²) in [6.45, 7) is 3.92. The first-order valence-corrected chi connectivity index (χ1v) is 28.6. The lowest BCUT2D eigenvalue weighted by Gasteiger charge is -2.08. The summed E-state index contributed by atoms with van der Waals surface area (Å²) in [6, 6.07) is 62.0. The van der Waals surface area contributed by atoms with Crippen LogP contribution in [-0.4, -0.2) is 66.3 Å². The van der Waals surface area contributed by atoms with Crippen LogP contribution in [0.2, 0.25) is 0 Å². The lowest BCUT2D eigenvalue weighted by Crippen LogP contribution is -2.01. The number of methoxy groups -OCH3 is 2. The van der Waals surface area contributed by atoms with Crippen molar-refractivity contribution in [3.63, 3.8) is 0 Å². The van der Waals surface area contributed by atoms with E-state index in [1.807, 2.05) is 207 Å². The predicted octanol–water partition coefficient (Wildman–Crippen LogP) is 18.7. The van der Waals surface area contributed by atoms with Crippen LogP contribution in [0.1, 0.15) is 81.8 Å². The van der Waals surface area contributed by atoms with Gasteiger partial charge in [0.1, 0.15) is 46.0 Å². The van der Waals surface area contributed by atoms with Crippen LogP contribution in [0.3, 0.4) is 0 Å². The van der Waals surface area contributed by atoms with E-state index in [9.17, 15) is 0 Å². The lowest BCUT2D eigenvalue weighted by atomic mass is 10.2. The topological polar surface area (TPSA) is 148 Å². The van der Waals surface area contributed by atoms with E-state index in [2.05, 4.69) is 30.4 Å². The molecule has 428 valence electrons. The van der Waals surface area contributed by atoms with Crippen molar-refractivity contribution in [3.8, 4) is 46.0 Å². The zero-order valence-corrected chi connectivity index (χ0v) is 47.6. The number of nitrogens with zero attached hydrogens (tertiary/aromatic N) is 6. The third-order valence-electron chi connectivity index (χ3n) is 13.0. The Bertz CT molecular complexity index is 3010. The molecule has 0 N–H and O–H groups in total. The molecule has 0 aromatic heterocycles. The summed E-state index contributed by atoms with van der Waals surface area (Å²) >= 11 is 0. The highest BCUT2D eigenvalue weighted by molar-refractivity contribution is 5.83. The summed E-state index contributed by atoms with van der Waals surface area (Å²) in [7, 11) is 3.28. The molecule has 0 saturated heterocycles. The molecule has 0 amide bonds. The molecule has 0 unspecified atom stereocenters. The Labute approximate surface area is 488 Å². The molecule has 0 aliphatic carbocycles. The van der Waals surface area contributed by atoms with Gasteiger partial charge in [0, 0.05) is 24.6 Å². The Morgan fingerprint density at radius 3 is 0.795 bits per heavy atom. The molecule has 14 nitrogen and oxygen atoms in total. The van der Waals surface area contributed by atoms with E-state index in [1.165, 1.54) is 0 Å². The van der Waals surface area contributed by atoms with Gasteiger partial charge in [0.15, 0.2) is 0 Å².